The minimum absolute atomic E-state index is 0.0320. The number of halogens is 2. The molecule has 1 aromatic carbocycles. The zero-order chi connectivity index (χ0) is 15.1. The average Bonchev–Trinajstić information content (AvgIpc) is 2.40. The van der Waals surface area contributed by atoms with Gasteiger partial charge in [-0.2, -0.15) is 0 Å². The van der Waals surface area contributed by atoms with Gasteiger partial charge in [0.15, 0.2) is 5.82 Å². The zero-order valence-electron chi connectivity index (χ0n) is 11.1. The second-order valence-corrected chi connectivity index (χ2v) is 4.21. The van der Waals surface area contributed by atoms with E-state index >= 15 is 0 Å². The molecule has 0 heterocycles. The molecule has 0 radical (unpaired) electrons. The Labute approximate surface area is 115 Å². The molecule has 5 nitrogen and oxygen atoms in total. The molecule has 0 saturated carbocycles. The second-order valence-electron chi connectivity index (χ2n) is 4.21. The van der Waals surface area contributed by atoms with Crippen molar-refractivity contribution in [3.63, 3.8) is 0 Å². The largest absolute Gasteiger partial charge is 0.396 e. The van der Waals surface area contributed by atoms with Gasteiger partial charge in [0.05, 0.1) is 11.3 Å². The van der Waals surface area contributed by atoms with E-state index in [0.29, 0.717) is 6.54 Å². The van der Waals surface area contributed by atoms with Crippen LogP contribution in [0.15, 0.2) is 12.1 Å². The van der Waals surface area contributed by atoms with Gasteiger partial charge in [-0.25, -0.2) is 8.78 Å². The first-order valence-electron chi connectivity index (χ1n) is 6.25. The molecule has 0 bridgehead atoms. The van der Waals surface area contributed by atoms with E-state index in [9.17, 15) is 18.4 Å². The van der Waals surface area contributed by atoms with Gasteiger partial charge < -0.3 is 16.4 Å². The Bertz CT molecular complexity index is 507. The molecule has 0 unspecified atom stereocenters. The van der Waals surface area contributed by atoms with Crippen molar-refractivity contribution in [2.75, 3.05) is 18.8 Å². The van der Waals surface area contributed by atoms with Crippen molar-refractivity contribution in [1.29, 1.82) is 0 Å². The lowest BCUT2D eigenvalue weighted by Crippen LogP contribution is -2.31. The van der Waals surface area contributed by atoms with Crippen LogP contribution < -0.4 is 16.4 Å². The first-order valence-corrected chi connectivity index (χ1v) is 6.25. The third-order valence-electron chi connectivity index (χ3n) is 2.52. The van der Waals surface area contributed by atoms with E-state index in [-0.39, 0.29) is 18.9 Å². The molecule has 4 N–H and O–H groups in total. The smallest absolute Gasteiger partial charge is 0.254 e. The lowest BCUT2D eigenvalue weighted by molar-refractivity contribution is -0.120. The van der Waals surface area contributed by atoms with E-state index < -0.39 is 28.8 Å². The number of rotatable bonds is 6. The molecule has 0 aliphatic carbocycles. The van der Waals surface area contributed by atoms with E-state index in [1.165, 1.54) is 0 Å². The van der Waals surface area contributed by atoms with E-state index in [2.05, 4.69) is 10.6 Å². The number of nitrogen functional groups attached to an aromatic ring is 1. The quantitative estimate of drug-likeness (QED) is 0.686. The maximum Gasteiger partial charge on any atom is 0.254 e. The first-order chi connectivity index (χ1) is 9.45. The van der Waals surface area contributed by atoms with Crippen LogP contribution >= 0.6 is 0 Å². The van der Waals surface area contributed by atoms with E-state index in [1.807, 2.05) is 6.92 Å². The van der Waals surface area contributed by atoms with Gasteiger partial charge in [-0.3, -0.25) is 9.59 Å². The van der Waals surface area contributed by atoms with Crippen molar-refractivity contribution in [1.82, 2.24) is 10.6 Å². The fraction of sp³-hybridized carbons (Fsp3) is 0.385. The third-order valence-corrected chi connectivity index (χ3v) is 2.52. The maximum atomic E-state index is 13.6. The van der Waals surface area contributed by atoms with Gasteiger partial charge in [0.2, 0.25) is 5.91 Å². The van der Waals surface area contributed by atoms with Crippen molar-refractivity contribution < 1.29 is 18.4 Å². The minimum atomic E-state index is -0.973. The van der Waals surface area contributed by atoms with Crippen molar-refractivity contribution in [2.24, 2.45) is 0 Å². The number of carbonyl (C=O) groups excluding carboxylic acids is 2. The third kappa shape index (κ3) is 4.49. The predicted octanol–water partition coefficient (Wildman–Crippen LogP) is 1.19. The number of amides is 2. The van der Waals surface area contributed by atoms with Crippen LogP contribution in [0, 0.1) is 11.6 Å². The summed E-state index contributed by atoms with van der Waals surface area (Å²) in [5.41, 5.74) is 4.32. The molecule has 0 spiro atoms. The maximum absolute atomic E-state index is 13.6. The highest BCUT2D eigenvalue weighted by Gasteiger charge is 2.16. The van der Waals surface area contributed by atoms with Crippen LogP contribution in [0.25, 0.3) is 0 Å². The number of nitrogens with two attached hydrogens (primary N) is 1. The topological polar surface area (TPSA) is 84.2 Å². The summed E-state index contributed by atoms with van der Waals surface area (Å²) in [7, 11) is 0. The Balaban J connectivity index is 2.54. The van der Waals surface area contributed by atoms with Gasteiger partial charge >= 0.3 is 0 Å². The standard InChI is InChI=1S/C13H17F2N3O2/c1-2-4-17-11(19)3-5-18-13(20)9-6-8(14)7-10(16)12(9)15/h6-7H,2-5,16H2,1H3,(H,17,19)(H,18,20). The molecule has 0 atom stereocenters. The number of anilines is 1. The average molecular weight is 285 g/mol. The number of carbonyl (C=O) groups is 2. The van der Waals surface area contributed by atoms with Crippen LogP contribution in [-0.2, 0) is 4.79 Å². The fourth-order valence-electron chi connectivity index (χ4n) is 1.51. The molecule has 0 aromatic heterocycles. The Morgan fingerprint density at radius 1 is 1.20 bits per heavy atom. The zero-order valence-corrected chi connectivity index (χ0v) is 11.1. The highest BCUT2D eigenvalue weighted by Crippen LogP contribution is 2.17. The summed E-state index contributed by atoms with van der Waals surface area (Å²) >= 11 is 0. The lowest BCUT2D eigenvalue weighted by atomic mass is 10.1. The Morgan fingerprint density at radius 2 is 1.90 bits per heavy atom. The highest BCUT2D eigenvalue weighted by molar-refractivity contribution is 5.95. The lowest BCUT2D eigenvalue weighted by Gasteiger charge is -2.08. The summed E-state index contributed by atoms with van der Waals surface area (Å²) in [5, 5.41) is 4.97. The van der Waals surface area contributed by atoms with Crippen molar-refractivity contribution in [2.45, 2.75) is 19.8 Å². The summed E-state index contributed by atoms with van der Waals surface area (Å²) in [5.74, 6) is -2.79. The van der Waals surface area contributed by atoms with Crippen molar-refractivity contribution in [3.8, 4) is 0 Å². The molecule has 0 saturated heterocycles. The summed E-state index contributed by atoms with van der Waals surface area (Å²) in [6.45, 7) is 2.51. The molecule has 2 amide bonds. The summed E-state index contributed by atoms with van der Waals surface area (Å²) < 4.78 is 26.6. The molecule has 20 heavy (non-hydrogen) atoms. The summed E-state index contributed by atoms with van der Waals surface area (Å²) in [6.07, 6.45) is 0.879. The highest BCUT2D eigenvalue weighted by atomic mass is 19.1. The van der Waals surface area contributed by atoms with Gasteiger partial charge in [0.1, 0.15) is 5.82 Å². The van der Waals surface area contributed by atoms with Crippen LogP contribution in [0.1, 0.15) is 30.1 Å². The van der Waals surface area contributed by atoms with Crippen molar-refractivity contribution in [3.05, 3.63) is 29.3 Å². The Morgan fingerprint density at radius 3 is 2.55 bits per heavy atom. The van der Waals surface area contributed by atoms with Gasteiger partial charge in [-0.05, 0) is 18.6 Å². The molecular formula is C13H17F2N3O2. The molecule has 110 valence electrons. The van der Waals surface area contributed by atoms with Crippen molar-refractivity contribution >= 4 is 17.5 Å². The molecule has 7 heteroatoms. The van der Waals surface area contributed by atoms with Crippen LogP contribution in [-0.4, -0.2) is 24.9 Å². The number of benzene rings is 1. The van der Waals surface area contributed by atoms with E-state index in [1.54, 1.807) is 0 Å². The van der Waals surface area contributed by atoms with Crippen LogP contribution in [0.2, 0.25) is 0 Å². The van der Waals surface area contributed by atoms with Crippen LogP contribution in [0.5, 0.6) is 0 Å². The fourth-order valence-corrected chi connectivity index (χ4v) is 1.51. The Hall–Kier alpha value is -2.18. The SMILES string of the molecule is CCCNC(=O)CCNC(=O)c1cc(F)cc(N)c1F. The normalized spacial score (nSPS) is 10.2. The molecule has 0 aliphatic rings. The number of hydrogen-bond acceptors (Lipinski definition) is 3. The van der Waals surface area contributed by atoms with Gasteiger partial charge in [-0.15, -0.1) is 0 Å². The molecule has 1 rings (SSSR count). The Kier molecular flexibility index (Phi) is 5.89. The molecule has 0 aliphatic heterocycles. The summed E-state index contributed by atoms with van der Waals surface area (Å²) in [6, 6.07) is 1.56. The molecule has 0 fully saturated rings. The molecule has 1 aromatic rings. The van der Waals surface area contributed by atoms with Gasteiger partial charge in [0, 0.05) is 19.5 Å². The summed E-state index contributed by atoms with van der Waals surface area (Å²) in [4.78, 5) is 22.9. The van der Waals surface area contributed by atoms with E-state index in [0.717, 1.165) is 18.6 Å². The monoisotopic (exact) mass is 285 g/mol. The molecular weight excluding hydrogens is 268 g/mol. The second kappa shape index (κ2) is 7.42. The van der Waals surface area contributed by atoms with Gasteiger partial charge in [0.25, 0.3) is 5.91 Å². The number of hydrogen-bond donors (Lipinski definition) is 3. The number of nitrogens with one attached hydrogen (secondary N) is 2. The first kappa shape index (κ1) is 15.9. The van der Waals surface area contributed by atoms with Crippen LogP contribution in [0.3, 0.4) is 0 Å². The minimum Gasteiger partial charge on any atom is -0.396 e. The van der Waals surface area contributed by atoms with Gasteiger partial charge in [-0.1, -0.05) is 6.92 Å². The van der Waals surface area contributed by atoms with Crippen LogP contribution in [0.4, 0.5) is 14.5 Å². The predicted molar refractivity (Wildman–Crippen MR) is 71.0 cm³/mol. The van der Waals surface area contributed by atoms with E-state index in [4.69, 9.17) is 5.73 Å².